The number of hydrogen-bond acceptors (Lipinski definition) is 3. The zero-order valence-corrected chi connectivity index (χ0v) is 14.6. The molecule has 2 saturated heterocycles. The highest BCUT2D eigenvalue weighted by Gasteiger charge is 2.36. The van der Waals surface area contributed by atoms with Gasteiger partial charge in [-0.1, -0.05) is 0 Å². The first kappa shape index (κ1) is 19.2. The molecule has 1 aromatic rings. The van der Waals surface area contributed by atoms with Crippen LogP contribution in [0.2, 0.25) is 0 Å². The molecule has 2 aliphatic rings. The van der Waals surface area contributed by atoms with Crippen LogP contribution in [-0.4, -0.2) is 42.0 Å². The van der Waals surface area contributed by atoms with Gasteiger partial charge in [-0.25, -0.2) is 0 Å². The summed E-state index contributed by atoms with van der Waals surface area (Å²) in [6, 6.07) is 3.73. The van der Waals surface area contributed by atoms with E-state index in [4.69, 9.17) is 0 Å². The highest BCUT2D eigenvalue weighted by Crippen LogP contribution is 2.39. The molecule has 1 aromatic heterocycles. The molecule has 3 rings (SSSR count). The third kappa shape index (κ3) is 3.92. The standard InChI is InChI=1S/C16H23N3O.2ClH/c1-13-14(3-2-8-18-13)15(20)19-11-6-16(7-12-19)4-9-17-10-5-16;;/h2-3,8,17H,4-7,9-12H2,1H3;2*1H. The average molecular weight is 346 g/mol. The Hall–Kier alpha value is -0.840. The van der Waals surface area contributed by atoms with Crippen LogP contribution in [0.4, 0.5) is 0 Å². The van der Waals surface area contributed by atoms with Crippen molar-refractivity contribution in [3.05, 3.63) is 29.6 Å². The van der Waals surface area contributed by atoms with E-state index in [1.54, 1.807) is 6.20 Å². The normalized spacial score (nSPS) is 20.0. The molecule has 0 aliphatic carbocycles. The molecule has 1 N–H and O–H groups in total. The average Bonchev–Trinajstić information content (AvgIpc) is 2.49. The summed E-state index contributed by atoms with van der Waals surface area (Å²) in [4.78, 5) is 18.8. The van der Waals surface area contributed by atoms with E-state index < -0.39 is 0 Å². The SMILES string of the molecule is Cc1ncccc1C(=O)N1CCC2(CCNCC2)CC1.Cl.Cl. The Morgan fingerprint density at radius 2 is 1.82 bits per heavy atom. The number of carbonyl (C=O) groups is 1. The number of nitrogens with zero attached hydrogens (tertiary/aromatic N) is 2. The maximum Gasteiger partial charge on any atom is 0.255 e. The zero-order valence-electron chi connectivity index (χ0n) is 13.0. The highest BCUT2D eigenvalue weighted by molar-refractivity contribution is 5.95. The lowest BCUT2D eigenvalue weighted by atomic mass is 9.71. The van der Waals surface area contributed by atoms with E-state index in [0.717, 1.165) is 50.3 Å². The van der Waals surface area contributed by atoms with E-state index >= 15 is 0 Å². The quantitative estimate of drug-likeness (QED) is 0.851. The fraction of sp³-hybridized carbons (Fsp3) is 0.625. The Morgan fingerprint density at radius 3 is 2.41 bits per heavy atom. The molecule has 6 heteroatoms. The van der Waals surface area contributed by atoms with Gasteiger partial charge in [-0.15, -0.1) is 24.8 Å². The molecule has 0 aromatic carbocycles. The number of carbonyl (C=O) groups excluding carboxylic acids is 1. The van der Waals surface area contributed by atoms with Crippen molar-refractivity contribution in [2.75, 3.05) is 26.2 Å². The van der Waals surface area contributed by atoms with Gasteiger partial charge < -0.3 is 10.2 Å². The van der Waals surface area contributed by atoms with E-state index in [1.165, 1.54) is 12.8 Å². The van der Waals surface area contributed by atoms with Crippen LogP contribution in [0.25, 0.3) is 0 Å². The minimum absolute atomic E-state index is 0. The monoisotopic (exact) mass is 345 g/mol. The van der Waals surface area contributed by atoms with Crippen LogP contribution in [0.5, 0.6) is 0 Å². The fourth-order valence-corrected chi connectivity index (χ4v) is 3.52. The third-order valence-corrected chi connectivity index (χ3v) is 5.01. The van der Waals surface area contributed by atoms with E-state index in [2.05, 4.69) is 10.3 Å². The number of aryl methyl sites for hydroxylation is 1. The lowest BCUT2D eigenvalue weighted by Crippen LogP contribution is -2.47. The minimum Gasteiger partial charge on any atom is -0.339 e. The van der Waals surface area contributed by atoms with Gasteiger partial charge in [0.1, 0.15) is 0 Å². The number of amides is 1. The van der Waals surface area contributed by atoms with Crippen molar-refractivity contribution in [3.63, 3.8) is 0 Å². The Balaban J connectivity index is 0.00000121. The molecular weight excluding hydrogens is 321 g/mol. The lowest BCUT2D eigenvalue weighted by molar-refractivity contribution is 0.0494. The summed E-state index contributed by atoms with van der Waals surface area (Å²) in [6.07, 6.45) is 6.58. The highest BCUT2D eigenvalue weighted by atomic mass is 35.5. The van der Waals surface area contributed by atoms with Crippen molar-refractivity contribution in [3.8, 4) is 0 Å². The van der Waals surface area contributed by atoms with E-state index in [1.807, 2.05) is 24.0 Å². The van der Waals surface area contributed by atoms with E-state index in [0.29, 0.717) is 5.41 Å². The summed E-state index contributed by atoms with van der Waals surface area (Å²) in [7, 11) is 0. The zero-order chi connectivity index (χ0) is 14.0. The number of pyridine rings is 1. The molecule has 3 heterocycles. The van der Waals surface area contributed by atoms with Gasteiger partial charge >= 0.3 is 0 Å². The van der Waals surface area contributed by atoms with Crippen molar-refractivity contribution >= 4 is 30.7 Å². The van der Waals surface area contributed by atoms with Crippen molar-refractivity contribution < 1.29 is 4.79 Å². The Labute approximate surface area is 144 Å². The first-order valence-electron chi connectivity index (χ1n) is 7.62. The molecular formula is C16H25Cl2N3O. The predicted octanol–water partition coefficient (Wildman–Crippen LogP) is 2.84. The molecule has 1 spiro atoms. The Morgan fingerprint density at radius 1 is 1.18 bits per heavy atom. The largest absolute Gasteiger partial charge is 0.339 e. The van der Waals surface area contributed by atoms with Crippen molar-refractivity contribution in [2.24, 2.45) is 5.41 Å². The Bertz CT molecular complexity index is 494. The number of halogens is 2. The van der Waals surface area contributed by atoms with Gasteiger partial charge in [-0.05, 0) is 63.2 Å². The number of nitrogens with one attached hydrogen (secondary N) is 1. The summed E-state index contributed by atoms with van der Waals surface area (Å²) in [5, 5.41) is 3.43. The predicted molar refractivity (Wildman–Crippen MR) is 93.1 cm³/mol. The summed E-state index contributed by atoms with van der Waals surface area (Å²) in [5.74, 6) is 0.152. The minimum atomic E-state index is 0. The van der Waals surface area contributed by atoms with Gasteiger partial charge in [0.05, 0.1) is 5.56 Å². The van der Waals surface area contributed by atoms with Crippen LogP contribution >= 0.6 is 24.8 Å². The number of hydrogen-bond donors (Lipinski definition) is 1. The fourth-order valence-electron chi connectivity index (χ4n) is 3.52. The molecule has 0 bridgehead atoms. The van der Waals surface area contributed by atoms with Gasteiger partial charge in [0.15, 0.2) is 0 Å². The van der Waals surface area contributed by atoms with Crippen molar-refractivity contribution in [1.29, 1.82) is 0 Å². The second kappa shape index (κ2) is 8.14. The van der Waals surface area contributed by atoms with Crippen molar-refractivity contribution in [1.82, 2.24) is 15.2 Å². The topological polar surface area (TPSA) is 45.2 Å². The second-order valence-corrected chi connectivity index (χ2v) is 6.18. The first-order chi connectivity index (χ1) is 9.70. The van der Waals surface area contributed by atoms with Gasteiger partial charge in [0, 0.05) is 25.0 Å². The molecule has 22 heavy (non-hydrogen) atoms. The molecule has 4 nitrogen and oxygen atoms in total. The Kier molecular flexibility index (Phi) is 7.10. The van der Waals surface area contributed by atoms with E-state index in [9.17, 15) is 4.79 Å². The first-order valence-corrected chi connectivity index (χ1v) is 7.62. The smallest absolute Gasteiger partial charge is 0.255 e. The van der Waals surface area contributed by atoms with Gasteiger partial charge in [0.2, 0.25) is 0 Å². The van der Waals surface area contributed by atoms with Crippen LogP contribution in [0.15, 0.2) is 18.3 Å². The molecule has 124 valence electrons. The maximum atomic E-state index is 12.6. The van der Waals surface area contributed by atoms with Crippen LogP contribution in [0.1, 0.15) is 41.7 Å². The summed E-state index contributed by atoms with van der Waals surface area (Å²) in [6.45, 7) is 5.97. The van der Waals surface area contributed by atoms with E-state index in [-0.39, 0.29) is 30.7 Å². The molecule has 0 atom stereocenters. The maximum absolute atomic E-state index is 12.6. The summed E-state index contributed by atoms with van der Waals surface area (Å²) >= 11 is 0. The van der Waals surface area contributed by atoms with Gasteiger partial charge in [0.25, 0.3) is 5.91 Å². The molecule has 0 unspecified atom stereocenters. The molecule has 0 radical (unpaired) electrons. The molecule has 0 saturated carbocycles. The van der Waals surface area contributed by atoms with Crippen LogP contribution in [0, 0.1) is 12.3 Å². The molecule has 2 fully saturated rings. The lowest BCUT2D eigenvalue weighted by Gasteiger charge is -2.44. The summed E-state index contributed by atoms with van der Waals surface area (Å²) < 4.78 is 0. The van der Waals surface area contributed by atoms with Crippen LogP contribution in [0.3, 0.4) is 0 Å². The van der Waals surface area contributed by atoms with Crippen LogP contribution in [-0.2, 0) is 0 Å². The van der Waals surface area contributed by atoms with Crippen LogP contribution < -0.4 is 5.32 Å². The number of rotatable bonds is 1. The molecule has 1 amide bonds. The number of likely N-dealkylation sites (tertiary alicyclic amines) is 1. The molecule has 2 aliphatic heterocycles. The van der Waals surface area contributed by atoms with Crippen molar-refractivity contribution in [2.45, 2.75) is 32.6 Å². The second-order valence-electron chi connectivity index (χ2n) is 6.18. The van der Waals surface area contributed by atoms with Gasteiger partial charge in [-0.3, -0.25) is 9.78 Å². The third-order valence-electron chi connectivity index (χ3n) is 5.01. The summed E-state index contributed by atoms with van der Waals surface area (Å²) in [5.41, 5.74) is 2.08. The number of piperidine rings is 2. The van der Waals surface area contributed by atoms with Gasteiger partial charge in [-0.2, -0.15) is 0 Å². The number of aromatic nitrogens is 1.